The van der Waals surface area contributed by atoms with Gasteiger partial charge in [0.1, 0.15) is 0 Å². The molecule has 0 amide bonds. The van der Waals surface area contributed by atoms with Crippen LogP contribution < -0.4 is 0 Å². The number of rotatable bonds is 4. The lowest BCUT2D eigenvalue weighted by Crippen LogP contribution is -2.02. The lowest BCUT2D eigenvalue weighted by molar-refractivity contribution is 0.167. The maximum absolute atomic E-state index is 10.3. The summed E-state index contributed by atoms with van der Waals surface area (Å²) in [6.45, 7) is 6.24. The van der Waals surface area contributed by atoms with Crippen LogP contribution in [0.25, 0.3) is 0 Å². The van der Waals surface area contributed by atoms with E-state index < -0.39 is 0 Å². The molecule has 0 radical (unpaired) electrons. The van der Waals surface area contributed by atoms with Gasteiger partial charge in [0.25, 0.3) is 0 Å². The quantitative estimate of drug-likeness (QED) is 0.863. The third kappa shape index (κ3) is 3.68. The summed E-state index contributed by atoms with van der Waals surface area (Å²) >= 11 is 0. The molecule has 1 heteroatoms. The van der Waals surface area contributed by atoms with Gasteiger partial charge >= 0.3 is 0 Å². The van der Waals surface area contributed by atoms with Crippen molar-refractivity contribution in [1.82, 2.24) is 0 Å². The highest BCUT2D eigenvalue weighted by Crippen LogP contribution is 2.23. The normalized spacial score (nSPS) is 12.4. The van der Waals surface area contributed by atoms with Crippen LogP contribution in [0.15, 0.2) is 42.5 Å². The number of aliphatic hydroxyl groups excluding tert-OH is 1. The highest BCUT2D eigenvalue weighted by molar-refractivity contribution is 5.32. The average Bonchev–Trinajstić information content (AvgIpc) is 2.37. The summed E-state index contributed by atoms with van der Waals surface area (Å²) in [6.07, 6.45) is 1.31. The number of hydrogen-bond acceptors (Lipinski definition) is 1. The molecule has 0 aliphatic rings. The van der Waals surface area contributed by atoms with Gasteiger partial charge in [0, 0.05) is 0 Å². The SMILES string of the molecule is Cc1ccc(CCC(O)c2ccc(C)cc2C)cc1. The standard InChI is InChI=1S/C18H22O/c1-13-4-7-16(8-5-13)9-11-18(19)17-10-6-14(2)12-15(17)3/h4-8,10,12,18-19H,9,11H2,1-3H3. The zero-order chi connectivity index (χ0) is 13.8. The van der Waals surface area contributed by atoms with E-state index in [4.69, 9.17) is 0 Å². The van der Waals surface area contributed by atoms with Crippen molar-refractivity contribution in [2.75, 3.05) is 0 Å². The van der Waals surface area contributed by atoms with Gasteiger partial charge in [-0.3, -0.25) is 0 Å². The van der Waals surface area contributed by atoms with E-state index in [1.807, 2.05) is 6.07 Å². The van der Waals surface area contributed by atoms with Crippen molar-refractivity contribution < 1.29 is 5.11 Å². The van der Waals surface area contributed by atoms with Crippen LogP contribution >= 0.6 is 0 Å². The fourth-order valence-corrected chi connectivity index (χ4v) is 2.41. The van der Waals surface area contributed by atoms with Crippen LogP contribution in [-0.2, 0) is 6.42 Å². The van der Waals surface area contributed by atoms with Gasteiger partial charge in [0.2, 0.25) is 0 Å². The second-order valence-electron chi connectivity index (χ2n) is 5.40. The lowest BCUT2D eigenvalue weighted by atomic mass is 9.96. The Kier molecular flexibility index (Phi) is 4.39. The molecule has 1 unspecified atom stereocenters. The maximum Gasteiger partial charge on any atom is 0.0795 e. The topological polar surface area (TPSA) is 20.2 Å². The minimum absolute atomic E-state index is 0.373. The van der Waals surface area contributed by atoms with Crippen molar-refractivity contribution in [3.05, 3.63) is 70.3 Å². The zero-order valence-electron chi connectivity index (χ0n) is 12.0. The molecule has 100 valence electrons. The smallest absolute Gasteiger partial charge is 0.0795 e. The van der Waals surface area contributed by atoms with Crippen molar-refractivity contribution >= 4 is 0 Å². The highest BCUT2D eigenvalue weighted by atomic mass is 16.3. The summed E-state index contributed by atoms with van der Waals surface area (Å²) in [5, 5.41) is 10.3. The Morgan fingerprint density at radius 1 is 0.895 bits per heavy atom. The molecule has 2 rings (SSSR count). The van der Waals surface area contributed by atoms with Gasteiger partial charge in [-0.15, -0.1) is 0 Å². The second kappa shape index (κ2) is 6.03. The van der Waals surface area contributed by atoms with E-state index >= 15 is 0 Å². The van der Waals surface area contributed by atoms with Crippen LogP contribution in [0.4, 0.5) is 0 Å². The molecule has 1 N–H and O–H groups in total. The molecule has 19 heavy (non-hydrogen) atoms. The van der Waals surface area contributed by atoms with Gasteiger partial charge in [-0.1, -0.05) is 53.6 Å². The fourth-order valence-electron chi connectivity index (χ4n) is 2.41. The summed E-state index contributed by atoms with van der Waals surface area (Å²) in [5.74, 6) is 0. The molecule has 0 saturated heterocycles. The Balaban J connectivity index is 2.01. The minimum atomic E-state index is -0.373. The van der Waals surface area contributed by atoms with Gasteiger partial charge in [-0.25, -0.2) is 0 Å². The Bertz CT molecular complexity index is 540. The van der Waals surface area contributed by atoms with Gasteiger partial charge in [0.05, 0.1) is 6.10 Å². The molecular weight excluding hydrogens is 232 g/mol. The van der Waals surface area contributed by atoms with E-state index in [9.17, 15) is 5.11 Å². The summed E-state index contributed by atoms with van der Waals surface area (Å²) < 4.78 is 0. The monoisotopic (exact) mass is 254 g/mol. The van der Waals surface area contributed by atoms with Crippen molar-refractivity contribution in [2.45, 2.75) is 39.7 Å². The van der Waals surface area contributed by atoms with Crippen molar-refractivity contribution in [2.24, 2.45) is 0 Å². The molecular formula is C18H22O. The summed E-state index contributed by atoms with van der Waals surface area (Å²) in [7, 11) is 0. The van der Waals surface area contributed by atoms with Gasteiger partial charge < -0.3 is 5.11 Å². The molecule has 2 aromatic carbocycles. The van der Waals surface area contributed by atoms with Crippen LogP contribution in [0.1, 0.15) is 40.3 Å². The summed E-state index contributed by atoms with van der Waals surface area (Å²) in [6, 6.07) is 14.8. The number of aryl methyl sites for hydroxylation is 4. The van der Waals surface area contributed by atoms with E-state index in [-0.39, 0.29) is 6.10 Å². The molecule has 0 saturated carbocycles. The minimum Gasteiger partial charge on any atom is -0.388 e. The molecule has 0 spiro atoms. The lowest BCUT2D eigenvalue weighted by Gasteiger charge is -2.14. The molecule has 0 fully saturated rings. The van der Waals surface area contributed by atoms with Crippen molar-refractivity contribution in [1.29, 1.82) is 0 Å². The summed E-state index contributed by atoms with van der Waals surface area (Å²) in [4.78, 5) is 0. The Morgan fingerprint density at radius 3 is 2.16 bits per heavy atom. The maximum atomic E-state index is 10.3. The Hall–Kier alpha value is -1.60. The third-order valence-electron chi connectivity index (χ3n) is 3.61. The molecule has 1 atom stereocenters. The Morgan fingerprint density at radius 2 is 1.53 bits per heavy atom. The van der Waals surface area contributed by atoms with Crippen LogP contribution in [0, 0.1) is 20.8 Å². The molecule has 0 aliphatic heterocycles. The average molecular weight is 254 g/mol. The first-order chi connectivity index (χ1) is 9.06. The third-order valence-corrected chi connectivity index (χ3v) is 3.61. The zero-order valence-corrected chi connectivity index (χ0v) is 12.0. The largest absolute Gasteiger partial charge is 0.388 e. The van der Waals surface area contributed by atoms with E-state index in [0.29, 0.717) is 0 Å². The molecule has 0 heterocycles. The second-order valence-corrected chi connectivity index (χ2v) is 5.40. The molecule has 0 aliphatic carbocycles. The predicted octanol–water partition coefficient (Wildman–Crippen LogP) is 4.28. The van der Waals surface area contributed by atoms with Crippen molar-refractivity contribution in [3.63, 3.8) is 0 Å². The van der Waals surface area contributed by atoms with Gasteiger partial charge in [0.15, 0.2) is 0 Å². The van der Waals surface area contributed by atoms with Crippen LogP contribution in [0.2, 0.25) is 0 Å². The Labute approximate surface area is 115 Å². The van der Waals surface area contributed by atoms with E-state index in [0.717, 1.165) is 18.4 Å². The summed E-state index contributed by atoms with van der Waals surface area (Å²) in [5.41, 5.74) is 6.04. The number of aliphatic hydroxyl groups is 1. The van der Waals surface area contributed by atoms with Crippen LogP contribution in [-0.4, -0.2) is 5.11 Å². The van der Waals surface area contributed by atoms with Gasteiger partial charge in [-0.05, 0) is 50.3 Å². The first-order valence-electron chi connectivity index (χ1n) is 6.87. The van der Waals surface area contributed by atoms with Gasteiger partial charge in [-0.2, -0.15) is 0 Å². The molecule has 0 aromatic heterocycles. The number of hydrogen-bond donors (Lipinski definition) is 1. The van der Waals surface area contributed by atoms with E-state index in [1.165, 1.54) is 22.3 Å². The molecule has 0 bridgehead atoms. The first-order valence-corrected chi connectivity index (χ1v) is 6.87. The van der Waals surface area contributed by atoms with Crippen molar-refractivity contribution in [3.8, 4) is 0 Å². The molecule has 2 aromatic rings. The highest BCUT2D eigenvalue weighted by Gasteiger charge is 2.10. The van der Waals surface area contributed by atoms with Crippen LogP contribution in [0.5, 0.6) is 0 Å². The molecule has 1 nitrogen and oxygen atoms in total. The number of benzene rings is 2. The first kappa shape index (κ1) is 13.8. The van der Waals surface area contributed by atoms with E-state index in [1.54, 1.807) is 0 Å². The fraction of sp³-hybridized carbons (Fsp3) is 0.333. The predicted molar refractivity (Wildman–Crippen MR) is 80.4 cm³/mol. The van der Waals surface area contributed by atoms with E-state index in [2.05, 4.69) is 57.2 Å². The van der Waals surface area contributed by atoms with Crippen LogP contribution in [0.3, 0.4) is 0 Å².